The van der Waals surface area contributed by atoms with E-state index in [4.69, 9.17) is 0 Å². The molecule has 0 atom stereocenters. The summed E-state index contributed by atoms with van der Waals surface area (Å²) in [5.74, 6) is 0. The summed E-state index contributed by atoms with van der Waals surface area (Å²) in [4.78, 5) is 3.22. The summed E-state index contributed by atoms with van der Waals surface area (Å²) < 4.78 is -1.93. The fourth-order valence-electron chi connectivity index (χ4n) is 4.37. The maximum atomic E-state index is 2.53. The molecule has 0 fully saturated rings. The molecule has 0 saturated carbocycles. The van der Waals surface area contributed by atoms with E-state index in [9.17, 15) is 0 Å². The molecule has 2 aliphatic heterocycles. The van der Waals surface area contributed by atoms with Crippen molar-refractivity contribution >= 4 is 45.7 Å². The Balaban J connectivity index is 1.85. The van der Waals surface area contributed by atoms with E-state index in [0.29, 0.717) is 0 Å². The summed E-state index contributed by atoms with van der Waals surface area (Å²) in [7, 11) is -0.190. The van der Waals surface area contributed by atoms with Gasteiger partial charge in [0, 0.05) is 0 Å². The number of unbranched alkanes of at least 4 members (excludes halogenated alkanes) is 3. The molecule has 4 heteroatoms. The van der Waals surface area contributed by atoms with Gasteiger partial charge in [0.2, 0.25) is 0 Å². The van der Waals surface area contributed by atoms with Crippen LogP contribution in [0, 0.1) is 13.8 Å². The van der Waals surface area contributed by atoms with Gasteiger partial charge >= 0.3 is 169 Å². The van der Waals surface area contributed by atoms with E-state index in [0.717, 1.165) is 0 Å². The van der Waals surface area contributed by atoms with Gasteiger partial charge in [-0.05, 0) is 0 Å². The van der Waals surface area contributed by atoms with Crippen LogP contribution >= 0.6 is 35.1 Å². The molecule has 0 unspecified atom stereocenters. The second kappa shape index (κ2) is 7.11. The monoisotopic (exact) mass is 420 g/mol. The van der Waals surface area contributed by atoms with E-state index < -0.39 is 4.70 Å². The molecular weight excluding hydrogens is 390 g/mol. The number of hydrogen-bond donors (Lipinski definition) is 0. The van der Waals surface area contributed by atoms with Gasteiger partial charge in [-0.2, -0.15) is 0 Å². The molecule has 4 rings (SSSR count). The molecule has 2 aromatic rings. The standard InChI is InChI=1S/C22H30P2S2/c1-5-7-8-9-14-24(6-2)23(19-15-17(3)10-12-21(19)25-24)20-16-18(4)11-13-22(20)26-24/h10-13,15-16H,5-9,14H2,1-4H3. The Morgan fingerprint density at radius 1 is 0.808 bits per heavy atom. The SMILES string of the molecule is CCCCCCP12(CC)Sc3ccc(C)cc3P1c1cc(C)ccc1S2. The van der Waals surface area contributed by atoms with Gasteiger partial charge in [0.1, 0.15) is 0 Å². The van der Waals surface area contributed by atoms with Crippen molar-refractivity contribution in [1.82, 2.24) is 0 Å². The fraction of sp³-hybridized carbons (Fsp3) is 0.455. The van der Waals surface area contributed by atoms with E-state index in [-0.39, 0.29) is 7.61 Å². The van der Waals surface area contributed by atoms with Crippen LogP contribution in [0.4, 0.5) is 0 Å². The normalized spacial score (nSPS) is 22.9. The van der Waals surface area contributed by atoms with E-state index in [1.165, 1.54) is 49.1 Å². The molecule has 0 aliphatic carbocycles. The van der Waals surface area contributed by atoms with E-state index in [1.807, 2.05) is 0 Å². The van der Waals surface area contributed by atoms with Crippen LogP contribution < -0.4 is 10.6 Å². The van der Waals surface area contributed by atoms with Gasteiger partial charge < -0.3 is 0 Å². The summed E-state index contributed by atoms with van der Waals surface area (Å²) in [6.45, 7) is 9.36. The van der Waals surface area contributed by atoms with Crippen LogP contribution in [0.2, 0.25) is 0 Å². The van der Waals surface area contributed by atoms with Gasteiger partial charge in [0.05, 0.1) is 0 Å². The number of fused-ring (bicyclic) bond motifs is 5. The molecule has 2 aliphatic rings. The Morgan fingerprint density at radius 3 is 1.88 bits per heavy atom. The van der Waals surface area contributed by atoms with Crippen molar-refractivity contribution in [2.75, 3.05) is 12.3 Å². The van der Waals surface area contributed by atoms with Crippen LogP contribution in [-0.2, 0) is 0 Å². The molecule has 26 heavy (non-hydrogen) atoms. The van der Waals surface area contributed by atoms with Gasteiger partial charge in [-0.1, -0.05) is 0 Å². The summed E-state index contributed by atoms with van der Waals surface area (Å²) >= 11 is 4.71. The number of benzene rings is 2. The van der Waals surface area contributed by atoms with Gasteiger partial charge in [-0.3, -0.25) is 0 Å². The van der Waals surface area contributed by atoms with Crippen LogP contribution in [0.15, 0.2) is 46.2 Å². The number of hydrogen-bond acceptors (Lipinski definition) is 2. The van der Waals surface area contributed by atoms with Crippen molar-refractivity contribution in [2.45, 2.75) is 63.2 Å². The van der Waals surface area contributed by atoms with E-state index >= 15 is 0 Å². The third-order valence-electron chi connectivity index (χ3n) is 5.82. The van der Waals surface area contributed by atoms with Crippen LogP contribution in [0.25, 0.3) is 0 Å². The zero-order valence-corrected chi connectivity index (χ0v) is 19.8. The molecule has 0 aromatic heterocycles. The van der Waals surface area contributed by atoms with Crippen LogP contribution in [0.1, 0.15) is 50.7 Å². The molecule has 0 radical (unpaired) electrons. The number of aryl methyl sites for hydroxylation is 2. The minimum atomic E-state index is -1.93. The maximum absolute atomic E-state index is 2.53. The Kier molecular flexibility index (Phi) is 5.28. The van der Waals surface area contributed by atoms with Gasteiger partial charge in [-0.25, -0.2) is 0 Å². The van der Waals surface area contributed by atoms with Crippen molar-refractivity contribution in [3.8, 4) is 0 Å². The van der Waals surface area contributed by atoms with Crippen molar-refractivity contribution in [3.05, 3.63) is 47.5 Å². The Bertz CT molecular complexity index is 791. The van der Waals surface area contributed by atoms with Gasteiger partial charge in [0.25, 0.3) is 0 Å². The molecule has 0 N–H and O–H groups in total. The summed E-state index contributed by atoms with van der Waals surface area (Å²) in [6.07, 6.45) is 8.38. The third-order valence-corrected chi connectivity index (χ3v) is 30.5. The molecule has 0 spiro atoms. The molecule has 0 saturated heterocycles. The summed E-state index contributed by atoms with van der Waals surface area (Å²) in [5.41, 5.74) is 2.86. The van der Waals surface area contributed by atoms with Crippen LogP contribution in [0.5, 0.6) is 0 Å². The Labute approximate surface area is 168 Å². The first-order chi connectivity index (χ1) is 12.5. The molecular formula is C22H30P2S2. The van der Waals surface area contributed by atoms with Gasteiger partial charge in [-0.15, -0.1) is 0 Å². The first-order valence-electron chi connectivity index (χ1n) is 9.94. The van der Waals surface area contributed by atoms with Gasteiger partial charge in [0.15, 0.2) is 0 Å². The third kappa shape index (κ3) is 2.91. The zero-order chi connectivity index (χ0) is 18.4. The molecule has 140 valence electrons. The molecule has 2 aromatic carbocycles. The predicted molar refractivity (Wildman–Crippen MR) is 127 cm³/mol. The van der Waals surface area contributed by atoms with Crippen molar-refractivity contribution in [3.63, 3.8) is 0 Å². The van der Waals surface area contributed by atoms with Crippen molar-refractivity contribution < 1.29 is 0 Å². The van der Waals surface area contributed by atoms with E-state index in [2.05, 4.69) is 86.9 Å². The molecule has 2 heterocycles. The summed E-state index contributed by atoms with van der Waals surface area (Å²) in [5, 5.41) is 3.41. The average Bonchev–Trinajstić information content (AvgIpc) is 3.06. The fourth-order valence-corrected chi connectivity index (χ4v) is 32.3. The topological polar surface area (TPSA) is 0 Å². The first-order valence-corrected chi connectivity index (χ1v) is 17.4. The predicted octanol–water partition coefficient (Wildman–Crippen LogP) is 7.85. The zero-order valence-electron chi connectivity index (χ0n) is 16.4. The Morgan fingerprint density at radius 2 is 1.38 bits per heavy atom. The quantitative estimate of drug-likeness (QED) is 0.345. The molecule has 0 amide bonds. The van der Waals surface area contributed by atoms with Crippen LogP contribution in [-0.4, -0.2) is 12.3 Å². The second-order valence-corrected chi connectivity index (χ2v) is 27.0. The molecule has 0 bridgehead atoms. The average molecular weight is 421 g/mol. The first kappa shape index (κ1) is 19.3. The van der Waals surface area contributed by atoms with Crippen LogP contribution in [0.3, 0.4) is 0 Å². The molecule has 0 nitrogen and oxygen atoms in total. The van der Waals surface area contributed by atoms with E-state index in [1.54, 1.807) is 20.4 Å². The van der Waals surface area contributed by atoms with Crippen molar-refractivity contribution in [2.24, 2.45) is 0 Å². The minimum absolute atomic E-state index is 0.190. The van der Waals surface area contributed by atoms with Crippen molar-refractivity contribution in [1.29, 1.82) is 0 Å². The second-order valence-electron chi connectivity index (χ2n) is 7.80. The number of rotatable bonds is 6. The Hall–Kier alpha value is -0.0000000000000000555. The summed E-state index contributed by atoms with van der Waals surface area (Å²) in [6, 6.07) is 14.6.